The van der Waals surface area contributed by atoms with E-state index in [9.17, 15) is 4.79 Å². The molecule has 2 aromatic rings. The molecule has 2 aliphatic heterocycles. The van der Waals surface area contributed by atoms with Gasteiger partial charge in [0.25, 0.3) is 5.91 Å². The van der Waals surface area contributed by atoms with Crippen LogP contribution in [-0.2, 0) is 0 Å². The van der Waals surface area contributed by atoms with E-state index in [-0.39, 0.29) is 17.4 Å². The van der Waals surface area contributed by atoms with Gasteiger partial charge in [0.15, 0.2) is 5.82 Å². The smallest absolute Gasteiger partial charge is 0.259 e. The van der Waals surface area contributed by atoms with E-state index in [1.54, 1.807) is 6.92 Å². The topological polar surface area (TPSA) is 88.5 Å². The van der Waals surface area contributed by atoms with E-state index in [0.717, 1.165) is 50.6 Å². The SMILES string of the molecule is Cc1noc(C)c1C(=O)N1CCC2(CC1)CC(c1noc(C3CCC3)n1)N(C)C2. The van der Waals surface area contributed by atoms with E-state index < -0.39 is 0 Å². The van der Waals surface area contributed by atoms with Gasteiger partial charge in [0.1, 0.15) is 11.3 Å². The van der Waals surface area contributed by atoms with Crippen molar-refractivity contribution in [2.24, 2.45) is 5.41 Å². The first-order valence-electron chi connectivity index (χ1n) is 10.7. The van der Waals surface area contributed by atoms with Crippen LogP contribution >= 0.6 is 0 Å². The van der Waals surface area contributed by atoms with Gasteiger partial charge in [0.2, 0.25) is 5.89 Å². The Hall–Kier alpha value is -2.22. The van der Waals surface area contributed by atoms with E-state index in [1.807, 2.05) is 11.8 Å². The molecular weight excluding hydrogens is 370 g/mol. The molecule has 2 aromatic heterocycles. The second kappa shape index (κ2) is 6.93. The van der Waals surface area contributed by atoms with Gasteiger partial charge >= 0.3 is 0 Å². The summed E-state index contributed by atoms with van der Waals surface area (Å²) in [5.74, 6) is 2.77. The molecule has 1 atom stereocenters. The third-order valence-electron chi connectivity index (χ3n) is 7.31. The highest BCUT2D eigenvalue weighted by Gasteiger charge is 2.47. The minimum absolute atomic E-state index is 0.0438. The average Bonchev–Trinajstić information content (AvgIpc) is 3.33. The molecule has 1 unspecified atom stereocenters. The number of carbonyl (C=O) groups is 1. The lowest BCUT2D eigenvalue weighted by Crippen LogP contribution is -2.44. The Morgan fingerprint density at radius 3 is 2.52 bits per heavy atom. The Bertz CT molecular complexity index is 888. The van der Waals surface area contributed by atoms with E-state index in [2.05, 4.69) is 22.3 Å². The molecule has 1 aliphatic carbocycles. The van der Waals surface area contributed by atoms with Crippen molar-refractivity contribution in [2.45, 2.75) is 64.3 Å². The lowest BCUT2D eigenvalue weighted by atomic mass is 9.76. The number of likely N-dealkylation sites (tertiary alicyclic amines) is 2. The van der Waals surface area contributed by atoms with Crippen molar-refractivity contribution >= 4 is 5.91 Å². The summed E-state index contributed by atoms with van der Waals surface area (Å²) in [6, 6.07) is 0.206. The molecule has 29 heavy (non-hydrogen) atoms. The molecule has 3 fully saturated rings. The Balaban J connectivity index is 1.25. The number of hydrogen-bond acceptors (Lipinski definition) is 7. The maximum atomic E-state index is 12.9. The van der Waals surface area contributed by atoms with Gasteiger partial charge in [-0.1, -0.05) is 16.7 Å². The van der Waals surface area contributed by atoms with E-state index in [4.69, 9.17) is 14.0 Å². The third kappa shape index (κ3) is 3.17. The van der Waals surface area contributed by atoms with Gasteiger partial charge in [-0.25, -0.2) is 0 Å². The monoisotopic (exact) mass is 399 g/mol. The number of rotatable bonds is 3. The summed E-state index contributed by atoms with van der Waals surface area (Å²) in [4.78, 5) is 22.0. The molecule has 2 saturated heterocycles. The molecule has 1 spiro atoms. The number of hydrogen-bond donors (Lipinski definition) is 0. The predicted octanol–water partition coefficient (Wildman–Crippen LogP) is 3.24. The maximum absolute atomic E-state index is 12.9. The summed E-state index contributed by atoms with van der Waals surface area (Å²) >= 11 is 0. The van der Waals surface area contributed by atoms with Crippen LogP contribution in [0.5, 0.6) is 0 Å². The van der Waals surface area contributed by atoms with Crippen LogP contribution in [0.3, 0.4) is 0 Å². The summed E-state index contributed by atoms with van der Waals surface area (Å²) < 4.78 is 10.7. The zero-order chi connectivity index (χ0) is 20.2. The van der Waals surface area contributed by atoms with Gasteiger partial charge < -0.3 is 13.9 Å². The molecule has 1 saturated carbocycles. The highest BCUT2D eigenvalue weighted by Crippen LogP contribution is 2.48. The number of aryl methyl sites for hydroxylation is 2. The van der Waals surface area contributed by atoms with Gasteiger partial charge in [-0.05, 0) is 58.4 Å². The first-order valence-corrected chi connectivity index (χ1v) is 10.7. The number of nitrogens with zero attached hydrogens (tertiary/aromatic N) is 5. The molecule has 0 N–H and O–H groups in total. The van der Waals surface area contributed by atoms with Crippen LogP contribution in [0.4, 0.5) is 0 Å². The van der Waals surface area contributed by atoms with Crippen LogP contribution in [0.2, 0.25) is 0 Å². The Labute approximate surface area is 170 Å². The maximum Gasteiger partial charge on any atom is 0.259 e. The zero-order valence-electron chi connectivity index (χ0n) is 17.5. The van der Waals surface area contributed by atoms with Crippen molar-refractivity contribution in [1.29, 1.82) is 0 Å². The van der Waals surface area contributed by atoms with Crippen molar-refractivity contribution in [1.82, 2.24) is 25.1 Å². The molecular formula is C21H29N5O3. The molecule has 3 aliphatic rings. The normalized spacial score (nSPS) is 24.9. The molecule has 8 heteroatoms. The second-order valence-corrected chi connectivity index (χ2v) is 9.25. The van der Waals surface area contributed by atoms with Crippen LogP contribution in [-0.4, -0.2) is 57.7 Å². The molecule has 1 amide bonds. The quantitative estimate of drug-likeness (QED) is 0.783. The largest absolute Gasteiger partial charge is 0.361 e. The summed E-state index contributed by atoms with van der Waals surface area (Å²) in [6.07, 6.45) is 6.62. The van der Waals surface area contributed by atoms with Crippen LogP contribution in [0.15, 0.2) is 9.05 Å². The highest BCUT2D eigenvalue weighted by atomic mass is 16.5. The van der Waals surface area contributed by atoms with Crippen molar-refractivity contribution < 1.29 is 13.8 Å². The zero-order valence-corrected chi connectivity index (χ0v) is 17.5. The number of amides is 1. The summed E-state index contributed by atoms with van der Waals surface area (Å²) in [6.45, 7) is 6.18. The van der Waals surface area contributed by atoms with Gasteiger partial charge in [-0.3, -0.25) is 9.69 Å². The lowest BCUT2D eigenvalue weighted by molar-refractivity contribution is 0.0591. The highest BCUT2D eigenvalue weighted by molar-refractivity contribution is 5.96. The van der Waals surface area contributed by atoms with Crippen molar-refractivity contribution in [2.75, 3.05) is 26.7 Å². The van der Waals surface area contributed by atoms with Gasteiger partial charge in [0.05, 0.1) is 11.7 Å². The third-order valence-corrected chi connectivity index (χ3v) is 7.31. The van der Waals surface area contributed by atoms with E-state index in [1.165, 1.54) is 19.3 Å². The molecule has 0 bridgehead atoms. The molecule has 156 valence electrons. The molecule has 4 heterocycles. The molecule has 0 radical (unpaired) electrons. The van der Waals surface area contributed by atoms with Crippen molar-refractivity contribution in [3.63, 3.8) is 0 Å². The second-order valence-electron chi connectivity index (χ2n) is 9.25. The van der Waals surface area contributed by atoms with E-state index in [0.29, 0.717) is 22.9 Å². The van der Waals surface area contributed by atoms with Crippen LogP contribution in [0.1, 0.15) is 84.0 Å². The summed E-state index contributed by atoms with van der Waals surface area (Å²) in [5, 5.41) is 8.25. The summed E-state index contributed by atoms with van der Waals surface area (Å²) in [7, 11) is 2.15. The van der Waals surface area contributed by atoms with Gasteiger partial charge in [0, 0.05) is 25.6 Å². The van der Waals surface area contributed by atoms with E-state index >= 15 is 0 Å². The van der Waals surface area contributed by atoms with Crippen LogP contribution in [0.25, 0.3) is 0 Å². The number of piperidine rings is 1. The lowest BCUT2D eigenvalue weighted by Gasteiger charge is -2.39. The average molecular weight is 399 g/mol. The Kier molecular flexibility index (Phi) is 4.49. The molecule has 0 aromatic carbocycles. The number of carbonyl (C=O) groups excluding carboxylic acids is 1. The van der Waals surface area contributed by atoms with Crippen molar-refractivity contribution in [3.05, 3.63) is 28.7 Å². The Morgan fingerprint density at radius 1 is 1.14 bits per heavy atom. The molecule has 8 nitrogen and oxygen atoms in total. The van der Waals surface area contributed by atoms with Gasteiger partial charge in [-0.2, -0.15) is 4.98 Å². The fourth-order valence-electron chi connectivity index (χ4n) is 5.25. The standard InChI is InChI=1S/C21H29N5O3/c1-13-17(14(2)28-23-13)20(27)26-9-7-21(8-10-26)11-16(25(3)12-21)18-22-19(29-24-18)15-5-4-6-15/h15-16H,4-12H2,1-3H3. The summed E-state index contributed by atoms with van der Waals surface area (Å²) in [5.41, 5.74) is 1.51. The minimum Gasteiger partial charge on any atom is -0.361 e. The minimum atomic E-state index is 0.0438. The molecule has 5 rings (SSSR count). The Morgan fingerprint density at radius 2 is 1.90 bits per heavy atom. The van der Waals surface area contributed by atoms with Crippen LogP contribution in [0, 0.1) is 19.3 Å². The van der Waals surface area contributed by atoms with Crippen LogP contribution < -0.4 is 0 Å². The number of aromatic nitrogens is 3. The fraction of sp³-hybridized carbons (Fsp3) is 0.714. The first kappa shape index (κ1) is 18.8. The predicted molar refractivity (Wildman–Crippen MR) is 104 cm³/mol. The first-order chi connectivity index (χ1) is 14.0. The van der Waals surface area contributed by atoms with Gasteiger partial charge in [-0.15, -0.1) is 0 Å². The van der Waals surface area contributed by atoms with Crippen molar-refractivity contribution in [3.8, 4) is 0 Å². The fourth-order valence-corrected chi connectivity index (χ4v) is 5.25.